The van der Waals surface area contributed by atoms with Gasteiger partial charge in [-0.3, -0.25) is 9.52 Å². The molecule has 3 rings (SSSR count). The monoisotopic (exact) mass is 433 g/mol. The van der Waals surface area contributed by atoms with Crippen molar-refractivity contribution in [1.29, 1.82) is 0 Å². The van der Waals surface area contributed by atoms with Crippen molar-refractivity contribution in [3.8, 4) is 23.1 Å². The van der Waals surface area contributed by atoms with Gasteiger partial charge in [-0.1, -0.05) is 19.1 Å². The maximum atomic E-state index is 14.2. The van der Waals surface area contributed by atoms with Gasteiger partial charge in [-0.05, 0) is 31.0 Å². The summed E-state index contributed by atoms with van der Waals surface area (Å²) >= 11 is 0. The van der Waals surface area contributed by atoms with E-state index in [9.17, 15) is 17.6 Å². The van der Waals surface area contributed by atoms with E-state index < -0.39 is 15.8 Å². The van der Waals surface area contributed by atoms with Gasteiger partial charge in [0.15, 0.2) is 17.4 Å². The molecule has 0 amide bonds. The summed E-state index contributed by atoms with van der Waals surface area (Å²) in [7, 11) is -2.14. The van der Waals surface area contributed by atoms with Crippen LogP contribution in [-0.2, 0) is 17.1 Å². The molecule has 2 aromatic heterocycles. The number of pyridine rings is 1. The zero-order chi connectivity index (χ0) is 21.9. The summed E-state index contributed by atoms with van der Waals surface area (Å²) in [6.07, 6.45) is 1.88. The molecular formula is C19H20FN5O4S. The van der Waals surface area contributed by atoms with Crippen LogP contribution in [0.3, 0.4) is 0 Å². The molecule has 0 aliphatic carbocycles. The Bertz CT molecular complexity index is 1220. The molecule has 0 atom stereocenters. The molecule has 0 aliphatic rings. The molecule has 0 bridgehead atoms. The maximum absolute atomic E-state index is 14.2. The molecule has 0 aliphatic heterocycles. The Kier molecular flexibility index (Phi) is 6.11. The smallest absolute Gasteiger partial charge is 0.327 e. The standard InChI is InChI=1S/C19H20FN5O4S/c1-4-10-30(27,28)24-18-21-17(13-8-9-15(26)25(3)11-13)22-19(23-18)29-16-12(2)6-5-7-14(16)20/h5-9,11H,4,10H2,1-3H3,(H,21,22,23,24). The zero-order valence-electron chi connectivity index (χ0n) is 16.6. The number of nitrogens with zero attached hydrogens (tertiary/aromatic N) is 4. The Hall–Kier alpha value is -3.34. The molecule has 3 aromatic rings. The Morgan fingerprint density at radius 1 is 1.17 bits per heavy atom. The first-order valence-corrected chi connectivity index (χ1v) is 10.7. The quantitative estimate of drug-likeness (QED) is 0.609. The van der Waals surface area contributed by atoms with E-state index in [-0.39, 0.29) is 34.8 Å². The summed E-state index contributed by atoms with van der Waals surface area (Å²) in [6, 6.07) is 6.92. The number of benzene rings is 1. The highest BCUT2D eigenvalue weighted by Gasteiger charge is 2.17. The van der Waals surface area contributed by atoms with Crippen LogP contribution in [0.4, 0.5) is 10.3 Å². The van der Waals surface area contributed by atoms with E-state index in [0.29, 0.717) is 17.5 Å². The first-order chi connectivity index (χ1) is 14.2. The number of nitrogens with one attached hydrogen (secondary N) is 1. The molecular weight excluding hydrogens is 413 g/mol. The number of anilines is 1. The van der Waals surface area contributed by atoms with Crippen molar-refractivity contribution in [2.75, 3.05) is 10.5 Å². The Labute approximate surface area is 172 Å². The van der Waals surface area contributed by atoms with Gasteiger partial charge in [0.05, 0.1) is 5.75 Å². The number of rotatable bonds is 7. The van der Waals surface area contributed by atoms with Gasteiger partial charge < -0.3 is 9.30 Å². The summed E-state index contributed by atoms with van der Waals surface area (Å²) in [6.45, 7) is 3.37. The third-order valence-electron chi connectivity index (χ3n) is 4.04. The van der Waals surface area contributed by atoms with Crippen LogP contribution in [0.25, 0.3) is 11.4 Å². The fraction of sp³-hybridized carbons (Fsp3) is 0.263. The van der Waals surface area contributed by atoms with Gasteiger partial charge in [0.25, 0.3) is 0 Å². The van der Waals surface area contributed by atoms with E-state index in [1.807, 2.05) is 0 Å². The second-order valence-electron chi connectivity index (χ2n) is 6.54. The number of hydrogen-bond donors (Lipinski definition) is 1. The topological polar surface area (TPSA) is 116 Å². The lowest BCUT2D eigenvalue weighted by Gasteiger charge is -2.12. The summed E-state index contributed by atoms with van der Waals surface area (Å²) < 4.78 is 47.6. The average molecular weight is 433 g/mol. The van der Waals surface area contributed by atoms with Crippen LogP contribution in [0.2, 0.25) is 0 Å². The summed E-state index contributed by atoms with van der Waals surface area (Å²) in [5, 5.41) is 0. The van der Waals surface area contributed by atoms with Gasteiger partial charge in [-0.2, -0.15) is 15.0 Å². The number of aryl methyl sites for hydroxylation is 2. The molecule has 1 N–H and O–H groups in total. The molecule has 2 heterocycles. The zero-order valence-corrected chi connectivity index (χ0v) is 17.4. The molecule has 0 radical (unpaired) electrons. The van der Waals surface area contributed by atoms with E-state index in [0.717, 1.165) is 0 Å². The minimum atomic E-state index is -3.69. The lowest BCUT2D eigenvalue weighted by Crippen LogP contribution is -2.19. The highest BCUT2D eigenvalue weighted by Crippen LogP contribution is 2.27. The predicted octanol–water partition coefficient (Wildman–Crippen LogP) is 2.63. The second kappa shape index (κ2) is 8.57. The van der Waals surface area contributed by atoms with E-state index in [4.69, 9.17) is 4.74 Å². The normalized spacial score (nSPS) is 11.3. The van der Waals surface area contributed by atoms with Crippen LogP contribution >= 0.6 is 0 Å². The molecule has 1 aromatic carbocycles. The van der Waals surface area contributed by atoms with Crippen molar-refractivity contribution in [3.63, 3.8) is 0 Å². The Morgan fingerprint density at radius 3 is 2.60 bits per heavy atom. The molecule has 30 heavy (non-hydrogen) atoms. The second-order valence-corrected chi connectivity index (χ2v) is 8.38. The van der Waals surface area contributed by atoms with Crippen LogP contribution in [-0.4, -0.2) is 33.7 Å². The van der Waals surface area contributed by atoms with E-state index in [1.54, 1.807) is 27.0 Å². The summed E-state index contributed by atoms with van der Waals surface area (Å²) in [5.74, 6) is -1.05. The summed E-state index contributed by atoms with van der Waals surface area (Å²) in [4.78, 5) is 23.9. The first-order valence-electron chi connectivity index (χ1n) is 9.05. The molecule has 158 valence electrons. The van der Waals surface area contributed by atoms with Crippen molar-refractivity contribution in [1.82, 2.24) is 19.5 Å². The third kappa shape index (κ3) is 4.98. The van der Waals surface area contributed by atoms with Gasteiger partial charge in [-0.15, -0.1) is 0 Å². The predicted molar refractivity (Wildman–Crippen MR) is 109 cm³/mol. The van der Waals surface area contributed by atoms with Crippen molar-refractivity contribution in [2.45, 2.75) is 20.3 Å². The third-order valence-corrected chi connectivity index (χ3v) is 5.48. The lowest BCUT2D eigenvalue weighted by molar-refractivity contribution is 0.407. The molecule has 0 spiro atoms. The number of sulfonamides is 1. The number of halogens is 1. The van der Waals surface area contributed by atoms with Crippen molar-refractivity contribution in [3.05, 3.63) is 58.3 Å². The fourth-order valence-electron chi connectivity index (χ4n) is 2.60. The van der Waals surface area contributed by atoms with Gasteiger partial charge in [0.2, 0.25) is 21.5 Å². The lowest BCUT2D eigenvalue weighted by atomic mass is 10.2. The van der Waals surface area contributed by atoms with Crippen LogP contribution in [0.1, 0.15) is 18.9 Å². The van der Waals surface area contributed by atoms with Crippen LogP contribution < -0.4 is 15.0 Å². The SMILES string of the molecule is CCCS(=O)(=O)Nc1nc(Oc2c(C)cccc2F)nc(-c2ccc(=O)n(C)c2)n1. The van der Waals surface area contributed by atoms with E-state index in [2.05, 4.69) is 19.7 Å². The van der Waals surface area contributed by atoms with Crippen LogP contribution in [0, 0.1) is 12.7 Å². The van der Waals surface area contributed by atoms with Crippen molar-refractivity contribution >= 4 is 16.0 Å². The van der Waals surface area contributed by atoms with Crippen LogP contribution in [0.15, 0.2) is 41.3 Å². The molecule has 0 fully saturated rings. The average Bonchev–Trinajstić information content (AvgIpc) is 2.66. The number of hydrogen-bond acceptors (Lipinski definition) is 7. The fourth-order valence-corrected chi connectivity index (χ4v) is 3.61. The van der Waals surface area contributed by atoms with Crippen molar-refractivity contribution < 1.29 is 17.5 Å². The number of para-hydroxylation sites is 1. The minimum Gasteiger partial charge on any atom is -0.421 e. The van der Waals surface area contributed by atoms with E-state index in [1.165, 1.54) is 35.0 Å². The maximum Gasteiger partial charge on any atom is 0.327 e. The van der Waals surface area contributed by atoms with Gasteiger partial charge in [0.1, 0.15) is 0 Å². The van der Waals surface area contributed by atoms with Crippen molar-refractivity contribution in [2.24, 2.45) is 7.05 Å². The van der Waals surface area contributed by atoms with Gasteiger partial charge >= 0.3 is 6.01 Å². The van der Waals surface area contributed by atoms with Gasteiger partial charge in [-0.25, -0.2) is 12.8 Å². The number of ether oxygens (including phenoxy) is 1. The number of aromatic nitrogens is 4. The molecule has 11 heteroatoms. The Balaban J connectivity index is 2.10. The first kappa shape index (κ1) is 21.4. The summed E-state index contributed by atoms with van der Waals surface area (Å²) in [5.41, 5.74) is 0.688. The van der Waals surface area contributed by atoms with Gasteiger partial charge in [0, 0.05) is 24.9 Å². The highest BCUT2D eigenvalue weighted by atomic mass is 32.2. The molecule has 0 saturated heterocycles. The highest BCUT2D eigenvalue weighted by molar-refractivity contribution is 7.92. The molecule has 0 saturated carbocycles. The largest absolute Gasteiger partial charge is 0.421 e. The molecule has 0 unspecified atom stereocenters. The molecule has 9 nitrogen and oxygen atoms in total. The minimum absolute atomic E-state index is 0.0544. The Morgan fingerprint density at radius 2 is 1.93 bits per heavy atom. The van der Waals surface area contributed by atoms with Crippen LogP contribution in [0.5, 0.6) is 11.8 Å². The van der Waals surface area contributed by atoms with E-state index >= 15 is 0 Å².